The lowest BCUT2D eigenvalue weighted by molar-refractivity contribution is 0.223. The van der Waals surface area contributed by atoms with Crippen LogP contribution in [0.2, 0.25) is 0 Å². The predicted octanol–water partition coefficient (Wildman–Crippen LogP) is 6.02. The van der Waals surface area contributed by atoms with Crippen LogP contribution in [0, 0.1) is 11.6 Å². The number of ether oxygens (including phenoxy) is 1. The largest absolute Gasteiger partial charge is 0.485 e. The molecule has 4 rings (SSSR count). The minimum atomic E-state index is -0.897. The van der Waals surface area contributed by atoms with Gasteiger partial charge >= 0.3 is 0 Å². The van der Waals surface area contributed by atoms with Crippen molar-refractivity contribution in [2.75, 3.05) is 5.88 Å². The van der Waals surface area contributed by atoms with Crippen LogP contribution in [0.5, 0.6) is 5.75 Å². The number of aryl methyl sites for hydroxylation is 1. The molecule has 1 atom stereocenters. The van der Waals surface area contributed by atoms with Gasteiger partial charge in [-0.3, -0.25) is 0 Å². The molecule has 0 saturated carbocycles. The van der Waals surface area contributed by atoms with Crippen LogP contribution in [-0.4, -0.2) is 5.88 Å². The summed E-state index contributed by atoms with van der Waals surface area (Å²) in [6, 6.07) is 12.4. The van der Waals surface area contributed by atoms with Crippen LogP contribution in [0.25, 0.3) is 21.9 Å². The van der Waals surface area contributed by atoms with E-state index >= 15 is 0 Å². The lowest BCUT2D eigenvalue weighted by Crippen LogP contribution is -2.13. The van der Waals surface area contributed by atoms with E-state index in [1.54, 1.807) is 0 Å². The average molecular weight is 345 g/mol. The molecule has 1 nitrogen and oxygen atoms in total. The van der Waals surface area contributed by atoms with Crippen LogP contribution in [0.1, 0.15) is 24.2 Å². The molecule has 1 heterocycles. The van der Waals surface area contributed by atoms with E-state index in [-0.39, 0.29) is 6.10 Å². The van der Waals surface area contributed by atoms with Gasteiger partial charge in [0, 0.05) is 23.1 Å². The van der Waals surface area contributed by atoms with Crippen LogP contribution in [0.4, 0.5) is 8.78 Å². The van der Waals surface area contributed by atoms with E-state index in [1.807, 2.05) is 31.2 Å². The Kier molecular flexibility index (Phi) is 3.69. The zero-order chi connectivity index (χ0) is 16.8. The van der Waals surface area contributed by atoms with E-state index in [4.69, 9.17) is 16.3 Å². The molecule has 0 spiro atoms. The summed E-state index contributed by atoms with van der Waals surface area (Å²) >= 11 is 5.96. The van der Waals surface area contributed by atoms with Gasteiger partial charge in [0.2, 0.25) is 0 Å². The Balaban J connectivity index is 2.09. The first-order valence-electron chi connectivity index (χ1n) is 7.86. The molecule has 24 heavy (non-hydrogen) atoms. The van der Waals surface area contributed by atoms with Crippen LogP contribution in [-0.2, 0) is 6.42 Å². The monoisotopic (exact) mass is 344 g/mol. The quantitative estimate of drug-likeness (QED) is 0.516. The first kappa shape index (κ1) is 15.4. The van der Waals surface area contributed by atoms with E-state index in [2.05, 4.69) is 6.07 Å². The minimum Gasteiger partial charge on any atom is -0.485 e. The molecular weight excluding hydrogens is 330 g/mol. The Morgan fingerprint density at radius 1 is 1.00 bits per heavy atom. The molecule has 1 aliphatic heterocycles. The third-order valence-electron chi connectivity index (χ3n) is 4.56. The first-order chi connectivity index (χ1) is 11.6. The standard InChI is InChI=1S/C20H15ClF2O/c1-11-20-14-5-3-2-4-13(14)12(6-7-21)8-16(20)15-9-17(22)18(23)10-19(15)24-11/h2-5,8-11H,6-7H2,1H3. The van der Waals surface area contributed by atoms with E-state index < -0.39 is 11.6 Å². The molecule has 0 aliphatic carbocycles. The van der Waals surface area contributed by atoms with Crippen LogP contribution in [0.15, 0.2) is 42.5 Å². The zero-order valence-electron chi connectivity index (χ0n) is 13.1. The molecule has 1 aliphatic rings. The molecule has 0 saturated heterocycles. The fraction of sp³-hybridized carbons (Fsp3) is 0.200. The highest BCUT2D eigenvalue weighted by Crippen LogP contribution is 2.46. The number of benzene rings is 3. The van der Waals surface area contributed by atoms with Crippen molar-refractivity contribution in [1.29, 1.82) is 0 Å². The van der Waals surface area contributed by atoms with Gasteiger partial charge < -0.3 is 4.74 Å². The molecule has 3 aromatic rings. The number of rotatable bonds is 2. The molecule has 1 unspecified atom stereocenters. The molecule has 0 radical (unpaired) electrons. The summed E-state index contributed by atoms with van der Waals surface area (Å²) in [4.78, 5) is 0. The normalized spacial score (nSPS) is 15.8. The van der Waals surface area contributed by atoms with Gasteiger partial charge in [-0.05, 0) is 47.4 Å². The van der Waals surface area contributed by atoms with E-state index in [0.29, 0.717) is 23.6 Å². The summed E-state index contributed by atoms with van der Waals surface area (Å²) in [5.41, 5.74) is 3.58. The highest BCUT2D eigenvalue weighted by molar-refractivity contribution is 6.18. The SMILES string of the molecule is CC1Oc2cc(F)c(F)cc2-c2cc(CCCl)c3ccccc3c21. The summed E-state index contributed by atoms with van der Waals surface area (Å²) in [7, 11) is 0. The molecule has 122 valence electrons. The van der Waals surface area contributed by atoms with Crippen molar-refractivity contribution in [2.24, 2.45) is 0 Å². The van der Waals surface area contributed by atoms with Crippen LogP contribution < -0.4 is 4.74 Å². The molecule has 0 bridgehead atoms. The Labute approximate surface area is 143 Å². The van der Waals surface area contributed by atoms with Crippen molar-refractivity contribution in [1.82, 2.24) is 0 Å². The molecular formula is C20H15ClF2O. The second-order valence-electron chi connectivity index (χ2n) is 6.00. The van der Waals surface area contributed by atoms with Gasteiger partial charge in [0.1, 0.15) is 11.9 Å². The highest BCUT2D eigenvalue weighted by atomic mass is 35.5. The third-order valence-corrected chi connectivity index (χ3v) is 4.75. The van der Waals surface area contributed by atoms with E-state index in [9.17, 15) is 8.78 Å². The fourth-order valence-electron chi connectivity index (χ4n) is 3.53. The fourth-order valence-corrected chi connectivity index (χ4v) is 3.73. The average Bonchev–Trinajstić information content (AvgIpc) is 2.57. The van der Waals surface area contributed by atoms with Crippen molar-refractivity contribution >= 4 is 22.4 Å². The topological polar surface area (TPSA) is 9.23 Å². The van der Waals surface area contributed by atoms with Crippen molar-refractivity contribution < 1.29 is 13.5 Å². The highest BCUT2D eigenvalue weighted by Gasteiger charge is 2.27. The Morgan fingerprint density at radius 2 is 1.71 bits per heavy atom. The van der Waals surface area contributed by atoms with Gasteiger partial charge in [-0.25, -0.2) is 8.78 Å². The molecule has 0 fully saturated rings. The minimum absolute atomic E-state index is 0.243. The van der Waals surface area contributed by atoms with Gasteiger partial charge in [0.05, 0.1) is 0 Å². The lowest BCUT2D eigenvalue weighted by atomic mass is 9.86. The van der Waals surface area contributed by atoms with Crippen LogP contribution >= 0.6 is 11.6 Å². The number of alkyl halides is 1. The summed E-state index contributed by atoms with van der Waals surface area (Å²) in [6.07, 6.45) is 0.469. The smallest absolute Gasteiger partial charge is 0.162 e. The van der Waals surface area contributed by atoms with Gasteiger partial charge in [-0.1, -0.05) is 24.3 Å². The lowest BCUT2D eigenvalue weighted by Gasteiger charge is -2.29. The summed E-state index contributed by atoms with van der Waals surface area (Å²) in [5.74, 6) is -0.892. The molecule has 0 aromatic heterocycles. The third kappa shape index (κ3) is 2.27. The van der Waals surface area contributed by atoms with Crippen molar-refractivity contribution in [3.63, 3.8) is 0 Å². The number of fused-ring (bicyclic) bond motifs is 5. The summed E-state index contributed by atoms with van der Waals surface area (Å²) in [5, 5.41) is 2.19. The predicted molar refractivity (Wildman–Crippen MR) is 92.8 cm³/mol. The van der Waals surface area contributed by atoms with Gasteiger partial charge in [-0.15, -0.1) is 11.6 Å². The molecule has 0 N–H and O–H groups in total. The Morgan fingerprint density at radius 3 is 2.46 bits per heavy atom. The van der Waals surface area contributed by atoms with Crippen molar-refractivity contribution in [3.8, 4) is 16.9 Å². The van der Waals surface area contributed by atoms with Crippen molar-refractivity contribution in [3.05, 3.63) is 65.2 Å². The summed E-state index contributed by atoms with van der Waals surface area (Å²) < 4.78 is 33.3. The Bertz CT molecular complexity index is 952. The van der Waals surface area contributed by atoms with Gasteiger partial charge in [-0.2, -0.15) is 0 Å². The second-order valence-corrected chi connectivity index (χ2v) is 6.38. The van der Waals surface area contributed by atoms with Crippen molar-refractivity contribution in [2.45, 2.75) is 19.4 Å². The Hall–Kier alpha value is -2.13. The van der Waals surface area contributed by atoms with Gasteiger partial charge in [0.25, 0.3) is 0 Å². The molecule has 0 amide bonds. The maximum atomic E-state index is 13.8. The van der Waals surface area contributed by atoms with Gasteiger partial charge in [0.15, 0.2) is 11.6 Å². The van der Waals surface area contributed by atoms with Crippen LogP contribution in [0.3, 0.4) is 0 Å². The molecule has 4 heteroatoms. The van der Waals surface area contributed by atoms with E-state index in [0.717, 1.165) is 33.5 Å². The maximum Gasteiger partial charge on any atom is 0.162 e. The zero-order valence-corrected chi connectivity index (χ0v) is 13.8. The number of halogens is 3. The second kappa shape index (κ2) is 5.75. The van der Waals surface area contributed by atoms with E-state index in [1.165, 1.54) is 6.07 Å². The maximum absolute atomic E-state index is 13.8. The molecule has 3 aromatic carbocycles. The summed E-state index contributed by atoms with van der Waals surface area (Å²) in [6.45, 7) is 1.93. The first-order valence-corrected chi connectivity index (χ1v) is 8.40. The number of hydrogen-bond acceptors (Lipinski definition) is 1. The number of hydrogen-bond donors (Lipinski definition) is 0.